The van der Waals surface area contributed by atoms with Gasteiger partial charge in [0.1, 0.15) is 5.75 Å². The summed E-state index contributed by atoms with van der Waals surface area (Å²) in [4.78, 5) is 20.0. The lowest BCUT2D eigenvalue weighted by Crippen LogP contribution is -2.20. The minimum absolute atomic E-state index is 0.0120. The number of ether oxygens (including phenoxy) is 1. The van der Waals surface area contributed by atoms with E-state index in [2.05, 4.69) is 20.0 Å². The molecule has 1 aromatic heterocycles. The van der Waals surface area contributed by atoms with Gasteiger partial charge in [0.25, 0.3) is 15.9 Å². The van der Waals surface area contributed by atoms with E-state index in [4.69, 9.17) is 16.3 Å². The van der Waals surface area contributed by atoms with Crippen molar-refractivity contribution in [2.45, 2.75) is 18.7 Å². The third kappa shape index (κ3) is 5.68. The molecule has 0 saturated carbocycles. The van der Waals surface area contributed by atoms with Crippen molar-refractivity contribution in [3.05, 3.63) is 71.0 Å². The highest BCUT2D eigenvalue weighted by molar-refractivity contribution is 7.92. The Morgan fingerprint density at radius 3 is 2.50 bits per heavy atom. The number of benzene rings is 2. The maximum atomic E-state index is 12.5. The van der Waals surface area contributed by atoms with E-state index >= 15 is 0 Å². The zero-order valence-corrected chi connectivity index (χ0v) is 17.8. The number of rotatable bonds is 7. The van der Waals surface area contributed by atoms with Crippen molar-refractivity contribution in [2.75, 3.05) is 16.6 Å². The van der Waals surface area contributed by atoms with Crippen molar-refractivity contribution in [3.63, 3.8) is 0 Å². The van der Waals surface area contributed by atoms with Crippen molar-refractivity contribution in [2.24, 2.45) is 0 Å². The standard InChI is InChI=1S/C20H19ClN4O4S/c1-13-11-15(21)3-8-18(13)29-12-19(26)24-16-4-6-17(7-5-16)30(27,28)25-20-22-10-9-14(2)23-20/h3-11H,12H2,1-2H3,(H,24,26)(H,22,23,25). The molecule has 0 fully saturated rings. The van der Waals surface area contributed by atoms with E-state index < -0.39 is 10.0 Å². The second-order valence-corrected chi connectivity index (χ2v) is 8.52. The van der Waals surface area contributed by atoms with Gasteiger partial charge in [-0.2, -0.15) is 0 Å². The van der Waals surface area contributed by atoms with Crippen LogP contribution in [0.4, 0.5) is 11.6 Å². The van der Waals surface area contributed by atoms with E-state index in [0.29, 0.717) is 22.2 Å². The lowest BCUT2D eigenvalue weighted by molar-refractivity contribution is -0.118. The molecule has 0 radical (unpaired) electrons. The zero-order chi connectivity index (χ0) is 21.7. The van der Waals surface area contributed by atoms with Gasteiger partial charge in [-0.05, 0) is 67.9 Å². The summed E-state index contributed by atoms with van der Waals surface area (Å²) in [5.41, 5.74) is 1.88. The van der Waals surface area contributed by atoms with Crippen LogP contribution >= 0.6 is 11.6 Å². The number of carbonyl (C=O) groups excluding carboxylic acids is 1. The maximum absolute atomic E-state index is 12.5. The molecule has 30 heavy (non-hydrogen) atoms. The molecule has 3 aromatic rings. The van der Waals surface area contributed by atoms with Crippen LogP contribution in [0, 0.1) is 13.8 Å². The number of sulfonamides is 1. The van der Waals surface area contributed by atoms with Crippen molar-refractivity contribution >= 4 is 39.2 Å². The third-order valence-corrected chi connectivity index (χ3v) is 5.54. The summed E-state index contributed by atoms with van der Waals surface area (Å²) >= 11 is 5.89. The number of nitrogens with zero attached hydrogens (tertiary/aromatic N) is 2. The number of aryl methyl sites for hydroxylation is 2. The lowest BCUT2D eigenvalue weighted by Gasteiger charge is -2.11. The fourth-order valence-electron chi connectivity index (χ4n) is 2.51. The Labute approximate surface area is 179 Å². The molecular formula is C20H19ClN4O4S. The van der Waals surface area contributed by atoms with Crippen molar-refractivity contribution in [3.8, 4) is 5.75 Å². The van der Waals surface area contributed by atoms with E-state index in [0.717, 1.165) is 5.56 Å². The molecule has 1 heterocycles. The van der Waals surface area contributed by atoms with Gasteiger partial charge >= 0.3 is 0 Å². The summed E-state index contributed by atoms with van der Waals surface area (Å²) in [6.45, 7) is 3.36. The number of amides is 1. The first-order valence-electron chi connectivity index (χ1n) is 8.84. The quantitative estimate of drug-likeness (QED) is 0.574. The summed E-state index contributed by atoms with van der Waals surface area (Å²) in [5.74, 6) is 0.161. The molecule has 0 atom stereocenters. The van der Waals surface area contributed by atoms with Gasteiger partial charge in [-0.15, -0.1) is 0 Å². The molecule has 0 aliphatic heterocycles. The minimum Gasteiger partial charge on any atom is -0.483 e. The molecule has 1 amide bonds. The average Bonchev–Trinajstić information content (AvgIpc) is 2.67. The Kier molecular flexibility index (Phi) is 6.53. The highest BCUT2D eigenvalue weighted by Crippen LogP contribution is 2.22. The number of carbonyl (C=O) groups is 1. The molecule has 8 nitrogen and oxygen atoms in total. The molecule has 0 unspecified atom stereocenters. The monoisotopic (exact) mass is 446 g/mol. The molecule has 2 N–H and O–H groups in total. The first kappa shape index (κ1) is 21.5. The molecule has 0 spiro atoms. The molecule has 0 aliphatic rings. The Balaban J connectivity index is 1.60. The normalized spacial score (nSPS) is 11.0. The Hall–Kier alpha value is -3.17. The van der Waals surface area contributed by atoms with Crippen LogP contribution < -0.4 is 14.8 Å². The second-order valence-electron chi connectivity index (χ2n) is 6.40. The van der Waals surface area contributed by atoms with Crippen LogP contribution in [-0.2, 0) is 14.8 Å². The van der Waals surface area contributed by atoms with Gasteiger partial charge in [-0.3, -0.25) is 4.79 Å². The van der Waals surface area contributed by atoms with Crippen molar-refractivity contribution < 1.29 is 17.9 Å². The van der Waals surface area contributed by atoms with Gasteiger partial charge in [0, 0.05) is 22.6 Å². The second kappa shape index (κ2) is 9.10. The highest BCUT2D eigenvalue weighted by Gasteiger charge is 2.16. The van der Waals surface area contributed by atoms with E-state index in [1.165, 1.54) is 30.5 Å². The topological polar surface area (TPSA) is 110 Å². The van der Waals surface area contributed by atoms with E-state index in [1.54, 1.807) is 31.2 Å². The first-order chi connectivity index (χ1) is 14.2. The summed E-state index contributed by atoms with van der Waals surface area (Å²) < 4.78 is 32.7. The Bertz CT molecular complexity index is 1170. The smallest absolute Gasteiger partial charge is 0.264 e. The Morgan fingerprint density at radius 2 is 1.83 bits per heavy atom. The van der Waals surface area contributed by atoms with Crippen LogP contribution in [-0.4, -0.2) is 30.9 Å². The van der Waals surface area contributed by atoms with Crippen LogP contribution in [0.1, 0.15) is 11.3 Å². The van der Waals surface area contributed by atoms with E-state index in [9.17, 15) is 13.2 Å². The third-order valence-electron chi connectivity index (χ3n) is 3.96. The fourth-order valence-corrected chi connectivity index (χ4v) is 3.69. The largest absolute Gasteiger partial charge is 0.483 e. The molecule has 10 heteroatoms. The molecule has 156 valence electrons. The van der Waals surface area contributed by atoms with Crippen LogP contribution in [0.3, 0.4) is 0 Å². The van der Waals surface area contributed by atoms with E-state index in [-0.39, 0.29) is 23.4 Å². The van der Waals surface area contributed by atoms with Crippen LogP contribution in [0.15, 0.2) is 59.6 Å². The van der Waals surface area contributed by atoms with Gasteiger partial charge in [0.15, 0.2) is 6.61 Å². The number of nitrogens with one attached hydrogen (secondary N) is 2. The molecular weight excluding hydrogens is 428 g/mol. The zero-order valence-electron chi connectivity index (χ0n) is 16.2. The van der Waals surface area contributed by atoms with Crippen LogP contribution in [0.2, 0.25) is 5.02 Å². The molecule has 0 aliphatic carbocycles. The van der Waals surface area contributed by atoms with Gasteiger partial charge < -0.3 is 10.1 Å². The number of hydrogen-bond acceptors (Lipinski definition) is 6. The number of hydrogen-bond donors (Lipinski definition) is 2. The van der Waals surface area contributed by atoms with Crippen LogP contribution in [0.25, 0.3) is 0 Å². The fraction of sp³-hybridized carbons (Fsp3) is 0.150. The van der Waals surface area contributed by atoms with Gasteiger partial charge in [-0.25, -0.2) is 23.1 Å². The molecule has 0 saturated heterocycles. The molecule has 3 rings (SSSR count). The number of anilines is 2. The van der Waals surface area contributed by atoms with Crippen LogP contribution in [0.5, 0.6) is 5.75 Å². The average molecular weight is 447 g/mol. The number of halogens is 1. The predicted molar refractivity (Wildman–Crippen MR) is 114 cm³/mol. The lowest BCUT2D eigenvalue weighted by atomic mass is 10.2. The van der Waals surface area contributed by atoms with Crippen molar-refractivity contribution in [1.82, 2.24) is 9.97 Å². The Morgan fingerprint density at radius 1 is 1.10 bits per heavy atom. The number of aromatic nitrogens is 2. The minimum atomic E-state index is -3.85. The summed E-state index contributed by atoms with van der Waals surface area (Å²) in [5, 5.41) is 3.23. The van der Waals surface area contributed by atoms with Crippen molar-refractivity contribution in [1.29, 1.82) is 0 Å². The molecule has 0 bridgehead atoms. The van der Waals surface area contributed by atoms with E-state index in [1.807, 2.05) is 6.92 Å². The molecule has 2 aromatic carbocycles. The maximum Gasteiger partial charge on any atom is 0.264 e. The SMILES string of the molecule is Cc1ccnc(NS(=O)(=O)c2ccc(NC(=O)COc3ccc(Cl)cc3C)cc2)n1. The summed E-state index contributed by atoms with van der Waals surface area (Å²) in [7, 11) is -3.85. The highest BCUT2D eigenvalue weighted by atomic mass is 35.5. The summed E-state index contributed by atoms with van der Waals surface area (Å²) in [6.07, 6.45) is 1.46. The van der Waals surface area contributed by atoms with Gasteiger partial charge in [0.05, 0.1) is 4.90 Å². The first-order valence-corrected chi connectivity index (χ1v) is 10.7. The van der Waals surface area contributed by atoms with Gasteiger partial charge in [-0.1, -0.05) is 11.6 Å². The predicted octanol–water partition coefficient (Wildman–Crippen LogP) is 3.57. The summed E-state index contributed by atoms with van der Waals surface area (Å²) in [6, 6.07) is 12.5. The van der Waals surface area contributed by atoms with Gasteiger partial charge in [0.2, 0.25) is 5.95 Å².